The Morgan fingerprint density at radius 2 is 2.19 bits per heavy atom. The maximum Gasteiger partial charge on any atom is 0.267 e. The first kappa shape index (κ1) is 18.3. The van der Waals surface area contributed by atoms with Gasteiger partial charge in [0.2, 0.25) is 0 Å². The van der Waals surface area contributed by atoms with E-state index < -0.39 is 5.91 Å². The zero-order valence-electron chi connectivity index (χ0n) is 14.1. The highest BCUT2D eigenvalue weighted by Gasteiger charge is 2.34. The van der Waals surface area contributed by atoms with Crippen molar-refractivity contribution < 1.29 is 10.0 Å². The van der Waals surface area contributed by atoms with E-state index in [1.807, 2.05) is 24.3 Å². The zero-order chi connectivity index (χ0) is 18.4. The SMILES string of the molecule is O=C(/C=C/c1cnc(N[C@]2(Cc3ccccc3Cl)CCNC2)cn1)NO. The third kappa shape index (κ3) is 4.57. The number of anilines is 1. The quantitative estimate of drug-likeness (QED) is 0.351. The van der Waals surface area contributed by atoms with E-state index in [1.54, 1.807) is 12.4 Å². The number of nitrogens with zero attached hydrogens (tertiary/aromatic N) is 2. The largest absolute Gasteiger partial charge is 0.362 e. The first-order valence-corrected chi connectivity index (χ1v) is 8.64. The van der Waals surface area contributed by atoms with E-state index in [4.69, 9.17) is 16.8 Å². The Balaban J connectivity index is 1.73. The van der Waals surface area contributed by atoms with E-state index in [0.29, 0.717) is 11.5 Å². The Bertz CT molecular complexity index is 788. The van der Waals surface area contributed by atoms with Gasteiger partial charge in [-0.1, -0.05) is 29.8 Å². The standard InChI is InChI=1S/C18H20ClN5O2/c19-15-4-2-1-3-13(15)9-18(7-8-20-12-18)23-16-11-21-14(10-22-16)5-6-17(25)24-26/h1-6,10-11,20,26H,7-9,12H2,(H,22,23)(H,24,25)/b6-5+/t18-/m0/s1. The van der Waals surface area contributed by atoms with Gasteiger partial charge in [0.25, 0.3) is 5.91 Å². The Hall–Kier alpha value is -2.48. The van der Waals surface area contributed by atoms with Crippen molar-refractivity contribution in [3.8, 4) is 0 Å². The van der Waals surface area contributed by atoms with Gasteiger partial charge >= 0.3 is 0 Å². The summed E-state index contributed by atoms with van der Waals surface area (Å²) < 4.78 is 0. The van der Waals surface area contributed by atoms with Crippen LogP contribution < -0.4 is 16.1 Å². The van der Waals surface area contributed by atoms with Crippen LogP contribution in [-0.4, -0.2) is 39.7 Å². The summed E-state index contributed by atoms with van der Waals surface area (Å²) in [5.41, 5.74) is 2.94. The second-order valence-corrected chi connectivity index (χ2v) is 6.64. The fraction of sp³-hybridized carbons (Fsp3) is 0.278. The molecule has 1 saturated heterocycles. The highest BCUT2D eigenvalue weighted by atomic mass is 35.5. The van der Waals surface area contributed by atoms with Crippen molar-refractivity contribution in [3.63, 3.8) is 0 Å². The number of nitrogens with one attached hydrogen (secondary N) is 3. The number of hydroxylamine groups is 1. The van der Waals surface area contributed by atoms with E-state index in [-0.39, 0.29) is 5.54 Å². The predicted molar refractivity (Wildman–Crippen MR) is 100.0 cm³/mol. The summed E-state index contributed by atoms with van der Waals surface area (Å²) in [6, 6.07) is 7.85. The second-order valence-electron chi connectivity index (χ2n) is 6.24. The van der Waals surface area contributed by atoms with Crippen LogP contribution in [0.25, 0.3) is 6.08 Å². The summed E-state index contributed by atoms with van der Waals surface area (Å²) in [4.78, 5) is 19.6. The van der Waals surface area contributed by atoms with Crippen molar-refractivity contribution in [2.75, 3.05) is 18.4 Å². The van der Waals surface area contributed by atoms with Gasteiger partial charge in [-0.2, -0.15) is 0 Å². The van der Waals surface area contributed by atoms with E-state index in [0.717, 1.165) is 36.5 Å². The van der Waals surface area contributed by atoms with Crippen LogP contribution in [0.1, 0.15) is 17.7 Å². The zero-order valence-corrected chi connectivity index (χ0v) is 14.8. The molecule has 1 aliphatic rings. The third-order valence-electron chi connectivity index (χ3n) is 4.31. The Kier molecular flexibility index (Phi) is 5.82. The lowest BCUT2D eigenvalue weighted by molar-refractivity contribution is -0.124. The number of hydrogen-bond donors (Lipinski definition) is 4. The van der Waals surface area contributed by atoms with Gasteiger partial charge in [0, 0.05) is 17.6 Å². The summed E-state index contributed by atoms with van der Waals surface area (Å²) in [6.45, 7) is 1.72. The molecule has 1 fully saturated rings. The van der Waals surface area contributed by atoms with Crippen molar-refractivity contribution in [3.05, 3.63) is 59.0 Å². The van der Waals surface area contributed by atoms with Gasteiger partial charge in [0.1, 0.15) is 5.82 Å². The molecule has 0 spiro atoms. The second kappa shape index (κ2) is 8.27. The Morgan fingerprint density at radius 3 is 2.85 bits per heavy atom. The van der Waals surface area contributed by atoms with Crippen molar-refractivity contribution in [1.82, 2.24) is 20.8 Å². The van der Waals surface area contributed by atoms with Gasteiger partial charge in [-0.25, -0.2) is 10.5 Å². The normalized spacial score (nSPS) is 19.6. The molecule has 0 unspecified atom stereocenters. The van der Waals surface area contributed by atoms with Crippen LogP contribution in [-0.2, 0) is 11.2 Å². The summed E-state index contributed by atoms with van der Waals surface area (Å²) in [5, 5.41) is 16.1. The molecule has 1 aromatic heterocycles. The molecule has 0 radical (unpaired) electrons. The van der Waals surface area contributed by atoms with Crippen molar-refractivity contribution in [1.29, 1.82) is 0 Å². The minimum Gasteiger partial charge on any atom is -0.362 e. The maximum absolute atomic E-state index is 11.0. The molecule has 7 nitrogen and oxygen atoms in total. The minimum atomic E-state index is -0.621. The molecular formula is C18H20ClN5O2. The van der Waals surface area contributed by atoms with Crippen LogP contribution in [0, 0.1) is 0 Å². The molecule has 3 rings (SSSR count). The number of aromatic nitrogens is 2. The molecule has 2 aromatic rings. The predicted octanol–water partition coefficient (Wildman–Crippen LogP) is 2.04. The van der Waals surface area contributed by atoms with Crippen molar-refractivity contribution >= 4 is 29.4 Å². The van der Waals surface area contributed by atoms with Gasteiger partial charge in [-0.15, -0.1) is 0 Å². The average molecular weight is 374 g/mol. The fourth-order valence-electron chi connectivity index (χ4n) is 3.01. The van der Waals surface area contributed by atoms with E-state index in [1.165, 1.54) is 17.6 Å². The lowest BCUT2D eigenvalue weighted by atomic mass is 9.89. The van der Waals surface area contributed by atoms with E-state index in [2.05, 4.69) is 20.6 Å². The first-order chi connectivity index (χ1) is 12.6. The summed E-state index contributed by atoms with van der Waals surface area (Å²) in [6.07, 6.45) is 7.56. The lowest BCUT2D eigenvalue weighted by Gasteiger charge is -2.30. The molecule has 0 bridgehead atoms. The van der Waals surface area contributed by atoms with Gasteiger partial charge in [0.05, 0.1) is 23.6 Å². The fourth-order valence-corrected chi connectivity index (χ4v) is 3.21. The van der Waals surface area contributed by atoms with Crippen LogP contribution in [0.15, 0.2) is 42.7 Å². The molecule has 1 aliphatic heterocycles. The highest BCUT2D eigenvalue weighted by Crippen LogP contribution is 2.28. The van der Waals surface area contributed by atoms with Gasteiger partial charge < -0.3 is 10.6 Å². The van der Waals surface area contributed by atoms with E-state index in [9.17, 15) is 4.79 Å². The molecule has 26 heavy (non-hydrogen) atoms. The Labute approximate surface area is 156 Å². The summed E-state index contributed by atoms with van der Waals surface area (Å²) >= 11 is 6.33. The van der Waals surface area contributed by atoms with Gasteiger partial charge in [-0.05, 0) is 37.1 Å². The van der Waals surface area contributed by atoms with Crippen LogP contribution in [0.5, 0.6) is 0 Å². The molecule has 136 valence electrons. The van der Waals surface area contributed by atoms with Crippen molar-refractivity contribution in [2.45, 2.75) is 18.4 Å². The molecule has 2 heterocycles. The number of carbonyl (C=O) groups is 1. The lowest BCUT2D eigenvalue weighted by Crippen LogP contribution is -2.43. The van der Waals surface area contributed by atoms with E-state index >= 15 is 0 Å². The molecule has 1 aromatic carbocycles. The van der Waals surface area contributed by atoms with Crippen LogP contribution in [0.2, 0.25) is 5.02 Å². The summed E-state index contributed by atoms with van der Waals surface area (Å²) in [7, 11) is 0. The van der Waals surface area contributed by atoms with Gasteiger partial charge in [0.15, 0.2) is 0 Å². The van der Waals surface area contributed by atoms with Crippen molar-refractivity contribution in [2.24, 2.45) is 0 Å². The molecule has 1 amide bonds. The number of carbonyl (C=O) groups excluding carboxylic acids is 1. The van der Waals surface area contributed by atoms with Crippen LogP contribution in [0.4, 0.5) is 5.82 Å². The summed E-state index contributed by atoms with van der Waals surface area (Å²) in [5.74, 6) is 0.0363. The monoisotopic (exact) mass is 373 g/mol. The highest BCUT2D eigenvalue weighted by molar-refractivity contribution is 6.31. The van der Waals surface area contributed by atoms with Gasteiger partial charge in [-0.3, -0.25) is 15.0 Å². The molecule has 0 aliphatic carbocycles. The Morgan fingerprint density at radius 1 is 1.35 bits per heavy atom. The number of halogens is 1. The molecule has 1 atom stereocenters. The average Bonchev–Trinajstić information content (AvgIpc) is 3.11. The first-order valence-electron chi connectivity index (χ1n) is 8.27. The smallest absolute Gasteiger partial charge is 0.267 e. The number of hydrogen-bond acceptors (Lipinski definition) is 6. The third-order valence-corrected chi connectivity index (χ3v) is 4.68. The minimum absolute atomic E-state index is 0.187. The molecule has 4 N–H and O–H groups in total. The maximum atomic E-state index is 11.0. The van der Waals surface area contributed by atoms with Crippen LogP contribution >= 0.6 is 11.6 Å². The molecule has 8 heteroatoms. The van der Waals surface area contributed by atoms with Crippen LogP contribution in [0.3, 0.4) is 0 Å². The topological polar surface area (TPSA) is 99.2 Å². The number of rotatable bonds is 6. The molecular weight excluding hydrogens is 354 g/mol. The molecule has 0 saturated carbocycles. The number of benzene rings is 1. The number of amides is 1.